The van der Waals surface area contributed by atoms with E-state index in [1.807, 2.05) is 0 Å². The number of aromatic carboxylic acids is 1. The van der Waals surface area contributed by atoms with Gasteiger partial charge in [-0.25, -0.2) is 14.2 Å². The Morgan fingerprint density at radius 1 is 1.35 bits per heavy atom. The number of anilines is 1. The van der Waals surface area contributed by atoms with Crippen LogP contribution in [-0.2, 0) is 4.84 Å². The summed E-state index contributed by atoms with van der Waals surface area (Å²) in [7, 11) is 1.44. The number of carboxylic acid groups (broad SMARTS) is 1. The SMILES string of the molecule is CO/N=C1/CN(c2nc3c(cc2F)c(=O)c(C(=O)O)cn3C2CC2)CC1C/N=C/c1ccc(C#N)cc1. The fraction of sp³-hybridized carbons (Fsp3) is 0.308. The first kappa shape index (κ1) is 24.1. The average molecular weight is 503 g/mol. The molecule has 0 spiro atoms. The van der Waals surface area contributed by atoms with Crippen LogP contribution in [0.15, 0.2) is 51.5 Å². The Kier molecular flexibility index (Phi) is 6.40. The lowest BCUT2D eigenvalue weighted by Gasteiger charge is -2.19. The molecule has 2 fully saturated rings. The molecule has 2 aromatic heterocycles. The first-order valence-corrected chi connectivity index (χ1v) is 11.7. The Labute approximate surface area is 210 Å². The summed E-state index contributed by atoms with van der Waals surface area (Å²) in [6.07, 6.45) is 4.68. The standard InChI is InChI=1S/C26H23FN6O4/c1-37-31-22-14-32(12-17(22)11-29-10-16-4-2-15(9-28)3-5-16)25-21(27)8-19-23(34)20(26(35)36)13-33(18-6-7-18)24(19)30-25/h2-5,8,10,13,17-18H,6-7,11-12,14H2,1H3,(H,35,36)/b29-10+,31-22-. The molecule has 1 unspecified atom stereocenters. The van der Waals surface area contributed by atoms with Gasteiger partial charge in [-0.15, -0.1) is 0 Å². The van der Waals surface area contributed by atoms with E-state index in [0.717, 1.165) is 24.5 Å². The number of oxime groups is 1. The quantitative estimate of drug-likeness (QED) is 0.388. The van der Waals surface area contributed by atoms with Crippen LogP contribution in [0.25, 0.3) is 11.0 Å². The number of fused-ring (bicyclic) bond motifs is 1. The van der Waals surface area contributed by atoms with E-state index in [4.69, 9.17) is 10.1 Å². The largest absolute Gasteiger partial charge is 0.477 e. The van der Waals surface area contributed by atoms with Crippen LogP contribution in [0, 0.1) is 23.1 Å². The Balaban J connectivity index is 1.44. The molecule has 1 saturated heterocycles. The van der Waals surface area contributed by atoms with Gasteiger partial charge < -0.3 is 19.4 Å². The first-order chi connectivity index (χ1) is 17.9. The maximum absolute atomic E-state index is 15.3. The summed E-state index contributed by atoms with van der Waals surface area (Å²) in [5.41, 5.74) is 1.21. The molecule has 3 aromatic rings. The predicted molar refractivity (Wildman–Crippen MR) is 135 cm³/mol. The molecule has 188 valence electrons. The van der Waals surface area contributed by atoms with E-state index < -0.39 is 22.8 Å². The van der Waals surface area contributed by atoms with Crippen LogP contribution in [0.1, 0.15) is 40.4 Å². The Hall–Kier alpha value is -4.59. The number of carbonyl (C=O) groups is 1. The minimum atomic E-state index is -1.35. The lowest BCUT2D eigenvalue weighted by molar-refractivity contribution is 0.0695. The van der Waals surface area contributed by atoms with Crippen LogP contribution in [0.4, 0.5) is 10.2 Å². The lowest BCUT2D eigenvalue weighted by atomic mass is 10.1. The first-order valence-electron chi connectivity index (χ1n) is 11.7. The molecule has 37 heavy (non-hydrogen) atoms. The van der Waals surface area contributed by atoms with E-state index in [9.17, 15) is 14.7 Å². The van der Waals surface area contributed by atoms with Crippen LogP contribution in [0.2, 0.25) is 0 Å². The highest BCUT2D eigenvalue weighted by atomic mass is 19.1. The third-order valence-electron chi connectivity index (χ3n) is 6.49. The number of aliphatic imine (C=N–C) groups is 1. The highest BCUT2D eigenvalue weighted by Crippen LogP contribution is 2.37. The number of nitrogens with zero attached hydrogens (tertiary/aromatic N) is 6. The van der Waals surface area contributed by atoms with Crippen molar-refractivity contribution in [3.8, 4) is 6.07 Å². The monoisotopic (exact) mass is 502 g/mol. The Bertz CT molecular complexity index is 1540. The summed E-state index contributed by atoms with van der Waals surface area (Å²) in [5.74, 6) is -2.17. The molecule has 0 amide bonds. The number of carboxylic acids is 1. The lowest BCUT2D eigenvalue weighted by Crippen LogP contribution is -2.25. The maximum Gasteiger partial charge on any atom is 0.341 e. The zero-order valence-electron chi connectivity index (χ0n) is 20.0. The smallest absolute Gasteiger partial charge is 0.341 e. The van der Waals surface area contributed by atoms with Crippen molar-refractivity contribution in [2.24, 2.45) is 16.1 Å². The zero-order valence-corrected chi connectivity index (χ0v) is 20.0. The number of benzene rings is 1. The van der Waals surface area contributed by atoms with Crippen LogP contribution >= 0.6 is 0 Å². The maximum atomic E-state index is 15.3. The molecule has 0 bridgehead atoms. The molecule has 1 N–H and O–H groups in total. The highest BCUT2D eigenvalue weighted by Gasteiger charge is 2.33. The topological polar surface area (TPSA) is 133 Å². The molecule has 3 heterocycles. The fourth-order valence-electron chi connectivity index (χ4n) is 4.48. The van der Waals surface area contributed by atoms with Gasteiger partial charge in [-0.2, -0.15) is 5.26 Å². The predicted octanol–water partition coefficient (Wildman–Crippen LogP) is 3.00. The number of halogens is 1. The minimum Gasteiger partial charge on any atom is -0.477 e. The van der Waals surface area contributed by atoms with Crippen LogP contribution in [-0.4, -0.2) is 59.3 Å². The number of pyridine rings is 2. The van der Waals surface area contributed by atoms with Gasteiger partial charge in [0.2, 0.25) is 5.43 Å². The van der Waals surface area contributed by atoms with Crippen molar-refractivity contribution < 1.29 is 19.1 Å². The zero-order chi connectivity index (χ0) is 26.1. The highest BCUT2D eigenvalue weighted by molar-refractivity contribution is 5.95. The summed E-state index contributed by atoms with van der Waals surface area (Å²) < 4.78 is 17.0. The van der Waals surface area contributed by atoms with Crippen molar-refractivity contribution in [2.75, 3.05) is 31.6 Å². The molecule has 11 heteroatoms. The van der Waals surface area contributed by atoms with Gasteiger partial charge in [0.1, 0.15) is 18.3 Å². The molecule has 1 aliphatic carbocycles. The molecule has 1 aromatic carbocycles. The van der Waals surface area contributed by atoms with Crippen molar-refractivity contribution in [1.82, 2.24) is 9.55 Å². The van der Waals surface area contributed by atoms with Gasteiger partial charge in [0.15, 0.2) is 11.6 Å². The van der Waals surface area contributed by atoms with E-state index in [1.165, 1.54) is 13.3 Å². The molecule has 10 nitrogen and oxygen atoms in total. The van der Waals surface area contributed by atoms with E-state index in [1.54, 1.807) is 39.9 Å². The van der Waals surface area contributed by atoms with E-state index in [0.29, 0.717) is 24.4 Å². The summed E-state index contributed by atoms with van der Waals surface area (Å²) in [4.78, 5) is 40.1. The van der Waals surface area contributed by atoms with Crippen molar-refractivity contribution in [3.63, 3.8) is 0 Å². The van der Waals surface area contributed by atoms with E-state index in [-0.39, 0.29) is 35.4 Å². The molecule has 2 aliphatic rings. The average Bonchev–Trinajstić information content (AvgIpc) is 3.66. The normalized spacial score (nSPS) is 18.6. The van der Waals surface area contributed by atoms with E-state index in [2.05, 4.69) is 21.2 Å². The van der Waals surface area contributed by atoms with Crippen molar-refractivity contribution in [3.05, 3.63) is 69.3 Å². The van der Waals surface area contributed by atoms with Gasteiger partial charge in [0, 0.05) is 37.5 Å². The van der Waals surface area contributed by atoms with Crippen molar-refractivity contribution >= 4 is 34.7 Å². The number of rotatable bonds is 7. The third-order valence-corrected chi connectivity index (χ3v) is 6.49. The van der Waals surface area contributed by atoms with Gasteiger partial charge in [-0.1, -0.05) is 17.3 Å². The second-order valence-corrected chi connectivity index (χ2v) is 9.05. The molecule has 1 aliphatic heterocycles. The molecule has 0 radical (unpaired) electrons. The Morgan fingerprint density at radius 3 is 2.76 bits per heavy atom. The molecule has 1 atom stereocenters. The van der Waals surface area contributed by atoms with Gasteiger partial charge in [-0.3, -0.25) is 9.79 Å². The fourth-order valence-corrected chi connectivity index (χ4v) is 4.48. The Morgan fingerprint density at radius 2 is 2.11 bits per heavy atom. The minimum absolute atomic E-state index is 0.0283. The summed E-state index contributed by atoms with van der Waals surface area (Å²) in [6.45, 7) is 1.02. The van der Waals surface area contributed by atoms with Gasteiger partial charge in [0.25, 0.3) is 0 Å². The summed E-state index contributed by atoms with van der Waals surface area (Å²) >= 11 is 0. The molecular weight excluding hydrogens is 479 g/mol. The van der Waals surface area contributed by atoms with Crippen LogP contribution in [0.5, 0.6) is 0 Å². The molecule has 5 rings (SSSR count). The summed E-state index contributed by atoms with van der Waals surface area (Å²) in [5, 5.41) is 22.4. The second-order valence-electron chi connectivity index (χ2n) is 9.05. The van der Waals surface area contributed by atoms with Gasteiger partial charge in [0.05, 0.1) is 29.3 Å². The second kappa shape index (κ2) is 9.81. The van der Waals surface area contributed by atoms with Crippen molar-refractivity contribution in [2.45, 2.75) is 18.9 Å². The number of aromatic nitrogens is 2. The van der Waals surface area contributed by atoms with Crippen LogP contribution < -0.4 is 10.3 Å². The number of nitriles is 1. The number of hydrogen-bond acceptors (Lipinski definition) is 8. The van der Waals surface area contributed by atoms with Gasteiger partial charge in [-0.05, 0) is 36.6 Å². The third kappa shape index (κ3) is 4.78. The molecule has 1 saturated carbocycles. The van der Waals surface area contributed by atoms with Gasteiger partial charge >= 0.3 is 5.97 Å². The number of hydrogen-bond donors (Lipinski definition) is 1. The van der Waals surface area contributed by atoms with Crippen molar-refractivity contribution in [1.29, 1.82) is 5.26 Å². The van der Waals surface area contributed by atoms with E-state index >= 15 is 4.39 Å². The molecular formula is C26H23FN6O4. The summed E-state index contributed by atoms with van der Waals surface area (Å²) in [6, 6.07) is 10.2. The van der Waals surface area contributed by atoms with Crippen LogP contribution in [0.3, 0.4) is 0 Å².